The minimum Gasteiger partial charge on any atom is -0.497 e. The van der Waals surface area contributed by atoms with Gasteiger partial charge in [0.25, 0.3) is 0 Å². The van der Waals surface area contributed by atoms with Gasteiger partial charge in [0.1, 0.15) is 5.75 Å². The van der Waals surface area contributed by atoms with Gasteiger partial charge in [-0.1, -0.05) is 6.07 Å². The average Bonchev–Trinajstić information content (AvgIpc) is 3.30. The van der Waals surface area contributed by atoms with E-state index in [0.717, 1.165) is 34.4 Å². The topological polar surface area (TPSA) is 55.2 Å². The van der Waals surface area contributed by atoms with Crippen molar-refractivity contribution in [2.24, 2.45) is 5.92 Å². The van der Waals surface area contributed by atoms with Crippen molar-refractivity contribution in [2.45, 2.75) is 31.8 Å². The molecule has 168 valence electrons. The molecule has 2 aromatic heterocycles. The highest BCUT2D eigenvalue weighted by Crippen LogP contribution is 2.34. The highest BCUT2D eigenvalue weighted by molar-refractivity contribution is 5.86. The van der Waals surface area contributed by atoms with Crippen molar-refractivity contribution in [3.8, 4) is 22.6 Å². The smallest absolute Gasteiger partial charge is 0.222 e. The van der Waals surface area contributed by atoms with Crippen molar-refractivity contribution < 1.29 is 4.74 Å². The molecule has 5 heterocycles. The summed E-state index contributed by atoms with van der Waals surface area (Å²) in [6, 6.07) is 17.7. The van der Waals surface area contributed by atoms with Gasteiger partial charge in [-0.3, -0.25) is 4.90 Å². The Balaban J connectivity index is 1.22. The molecule has 3 fully saturated rings. The summed E-state index contributed by atoms with van der Waals surface area (Å²) in [5.74, 6) is 2.32. The molecule has 2 atom stereocenters. The van der Waals surface area contributed by atoms with Gasteiger partial charge in [0, 0.05) is 47.3 Å². The molecule has 6 nitrogen and oxygen atoms in total. The fourth-order valence-electron chi connectivity index (χ4n) is 5.54. The second-order valence-electron chi connectivity index (χ2n) is 9.24. The summed E-state index contributed by atoms with van der Waals surface area (Å²) in [6.45, 7) is 4.78. The van der Waals surface area contributed by atoms with E-state index in [1.807, 2.05) is 24.5 Å². The molecule has 0 amide bonds. The number of anilines is 1. The zero-order chi connectivity index (χ0) is 22.4. The number of benzene rings is 2. The van der Waals surface area contributed by atoms with E-state index in [-0.39, 0.29) is 0 Å². The predicted octanol–water partition coefficient (Wildman–Crippen LogP) is 4.99. The van der Waals surface area contributed by atoms with Crippen molar-refractivity contribution in [2.75, 3.05) is 25.5 Å². The lowest BCUT2D eigenvalue weighted by Crippen LogP contribution is -2.59. The van der Waals surface area contributed by atoms with Crippen molar-refractivity contribution in [3.05, 3.63) is 67.1 Å². The first-order valence-corrected chi connectivity index (χ1v) is 11.8. The van der Waals surface area contributed by atoms with Crippen molar-refractivity contribution in [3.63, 3.8) is 0 Å². The van der Waals surface area contributed by atoms with E-state index < -0.39 is 0 Å². The summed E-state index contributed by atoms with van der Waals surface area (Å²) in [5, 5.41) is 4.81. The van der Waals surface area contributed by atoms with Crippen LogP contribution < -0.4 is 10.1 Å². The Hall–Kier alpha value is -3.38. The van der Waals surface area contributed by atoms with Crippen LogP contribution in [0.5, 0.6) is 5.75 Å². The molecular weight excluding hydrogens is 410 g/mol. The van der Waals surface area contributed by atoms with E-state index in [2.05, 4.69) is 74.3 Å². The Morgan fingerprint density at radius 1 is 0.939 bits per heavy atom. The normalized spacial score (nSPS) is 24.2. The predicted molar refractivity (Wildman–Crippen MR) is 132 cm³/mol. The third-order valence-corrected chi connectivity index (χ3v) is 7.50. The second-order valence-corrected chi connectivity index (χ2v) is 9.24. The maximum Gasteiger partial charge on any atom is 0.222 e. The molecule has 2 aromatic carbocycles. The molecule has 0 unspecified atom stereocenters. The molecule has 1 N–H and O–H groups in total. The van der Waals surface area contributed by atoms with Crippen LogP contribution in [0.1, 0.15) is 19.8 Å². The number of fused-ring (bicyclic) bond motifs is 4. The van der Waals surface area contributed by atoms with Gasteiger partial charge >= 0.3 is 0 Å². The molecule has 0 saturated carbocycles. The molecule has 6 heteroatoms. The molecule has 3 aliphatic heterocycles. The minimum atomic E-state index is 0.437. The lowest BCUT2D eigenvalue weighted by molar-refractivity contribution is 0.0455. The molecule has 3 saturated heterocycles. The number of piperidine rings is 3. The fraction of sp³-hybridized carbons (Fsp3) is 0.333. The summed E-state index contributed by atoms with van der Waals surface area (Å²) >= 11 is 0. The summed E-state index contributed by atoms with van der Waals surface area (Å²) in [6.07, 6.45) is 8.52. The maximum absolute atomic E-state index is 5.28. The van der Waals surface area contributed by atoms with Gasteiger partial charge in [-0.05, 0) is 86.8 Å². The highest BCUT2D eigenvalue weighted by atomic mass is 16.5. The first-order chi connectivity index (χ1) is 16.2. The zero-order valence-electron chi connectivity index (χ0n) is 19.1. The van der Waals surface area contributed by atoms with Crippen LogP contribution >= 0.6 is 0 Å². The molecule has 0 radical (unpaired) electrons. The van der Waals surface area contributed by atoms with Gasteiger partial charge in [0.2, 0.25) is 5.95 Å². The summed E-state index contributed by atoms with van der Waals surface area (Å²) in [5.41, 5.74) is 4.43. The van der Waals surface area contributed by atoms with Gasteiger partial charge < -0.3 is 14.6 Å². The van der Waals surface area contributed by atoms with Crippen LogP contribution in [0, 0.1) is 5.92 Å². The van der Waals surface area contributed by atoms with Crippen molar-refractivity contribution in [1.82, 2.24) is 19.4 Å². The molecular formula is C27H29N5O. The molecule has 4 aromatic rings. The van der Waals surface area contributed by atoms with Gasteiger partial charge in [-0.2, -0.15) is 0 Å². The first-order valence-electron chi connectivity index (χ1n) is 11.8. The molecule has 33 heavy (non-hydrogen) atoms. The van der Waals surface area contributed by atoms with Crippen LogP contribution in [0.15, 0.2) is 67.1 Å². The Morgan fingerprint density at radius 3 is 2.39 bits per heavy atom. The third-order valence-electron chi connectivity index (χ3n) is 7.50. The van der Waals surface area contributed by atoms with E-state index in [1.54, 1.807) is 7.11 Å². The number of nitrogens with zero attached hydrogens (tertiary/aromatic N) is 4. The van der Waals surface area contributed by atoms with Crippen LogP contribution in [0.3, 0.4) is 0 Å². The number of hydrogen-bond donors (Lipinski definition) is 1. The quantitative estimate of drug-likeness (QED) is 0.475. The number of nitrogens with one attached hydrogen (secondary N) is 1. The van der Waals surface area contributed by atoms with Crippen LogP contribution in [-0.2, 0) is 0 Å². The number of ether oxygens (including phenoxy) is 1. The van der Waals surface area contributed by atoms with Crippen LogP contribution in [0.25, 0.3) is 27.7 Å². The van der Waals surface area contributed by atoms with Gasteiger partial charge in [-0.25, -0.2) is 9.97 Å². The van der Waals surface area contributed by atoms with Crippen LogP contribution in [-0.4, -0.2) is 51.7 Å². The summed E-state index contributed by atoms with van der Waals surface area (Å²) in [4.78, 5) is 11.9. The number of hydrogen-bond acceptors (Lipinski definition) is 5. The average molecular weight is 440 g/mol. The fourth-order valence-corrected chi connectivity index (χ4v) is 5.54. The standard InChI is InChI=1S/C27H29N5O/c1-18-26(19-9-12-31(18)13-10-19)30-27-28-16-22(17-29-27)20-3-8-25-21(15-20)11-14-32(25)23-4-6-24(33-2)7-5-23/h3-8,11,14-19,26H,9-10,12-13H2,1-2H3,(H,28,29,30)/t18-,26+/m1/s1. The lowest BCUT2D eigenvalue weighted by atomic mass is 9.79. The molecule has 2 bridgehead atoms. The Kier molecular flexibility index (Phi) is 5.03. The molecule has 0 spiro atoms. The Bertz CT molecular complexity index is 1250. The molecule has 7 rings (SSSR count). The van der Waals surface area contributed by atoms with Crippen LogP contribution in [0.2, 0.25) is 0 Å². The van der Waals surface area contributed by atoms with E-state index in [1.165, 1.54) is 36.8 Å². The second kappa shape index (κ2) is 8.19. The molecule has 0 aliphatic carbocycles. The van der Waals surface area contributed by atoms with E-state index in [0.29, 0.717) is 12.1 Å². The Labute approximate surface area is 194 Å². The summed E-state index contributed by atoms with van der Waals surface area (Å²) < 4.78 is 7.47. The van der Waals surface area contributed by atoms with E-state index in [4.69, 9.17) is 4.74 Å². The maximum atomic E-state index is 5.28. The van der Waals surface area contributed by atoms with Gasteiger partial charge in [0.05, 0.1) is 12.6 Å². The summed E-state index contributed by atoms with van der Waals surface area (Å²) in [7, 11) is 1.69. The van der Waals surface area contributed by atoms with Gasteiger partial charge in [-0.15, -0.1) is 0 Å². The Morgan fingerprint density at radius 2 is 1.70 bits per heavy atom. The highest BCUT2D eigenvalue weighted by Gasteiger charge is 2.39. The SMILES string of the molecule is COc1ccc(-n2ccc3cc(-c4cnc(N[C@@H]5C6CCN(CC6)[C@@H]5C)nc4)ccc32)cc1. The van der Waals surface area contributed by atoms with Crippen LogP contribution in [0.4, 0.5) is 5.95 Å². The lowest BCUT2D eigenvalue weighted by Gasteiger charge is -2.49. The third kappa shape index (κ3) is 3.64. The first kappa shape index (κ1) is 20.2. The number of methoxy groups -OCH3 is 1. The number of rotatable bonds is 5. The van der Waals surface area contributed by atoms with Gasteiger partial charge in [0.15, 0.2) is 0 Å². The van der Waals surface area contributed by atoms with E-state index in [9.17, 15) is 0 Å². The number of aromatic nitrogens is 3. The van der Waals surface area contributed by atoms with Crippen molar-refractivity contribution in [1.29, 1.82) is 0 Å². The molecule has 3 aliphatic rings. The monoisotopic (exact) mass is 439 g/mol. The minimum absolute atomic E-state index is 0.437. The van der Waals surface area contributed by atoms with E-state index >= 15 is 0 Å². The van der Waals surface area contributed by atoms with Crippen molar-refractivity contribution >= 4 is 16.9 Å². The largest absolute Gasteiger partial charge is 0.497 e. The zero-order valence-corrected chi connectivity index (χ0v) is 19.1.